The number of rotatable bonds is 4. The molecule has 21 heavy (non-hydrogen) atoms. The van der Waals surface area contributed by atoms with Gasteiger partial charge in [-0.05, 0) is 42.0 Å². The molecule has 1 N–H and O–H groups in total. The first kappa shape index (κ1) is 13.2. The number of anilines is 1. The van der Waals surface area contributed by atoms with Crippen LogP contribution in [0.3, 0.4) is 0 Å². The minimum Gasteiger partial charge on any atom is -0.381 e. The van der Waals surface area contributed by atoms with E-state index in [0.29, 0.717) is 11.3 Å². The van der Waals surface area contributed by atoms with Crippen LogP contribution in [0.2, 0.25) is 0 Å². The predicted molar refractivity (Wildman–Crippen MR) is 84.6 cm³/mol. The van der Waals surface area contributed by atoms with Crippen LogP contribution in [0.25, 0.3) is 10.8 Å². The predicted octanol–water partition coefficient (Wildman–Crippen LogP) is 4.45. The molecule has 0 aliphatic heterocycles. The first-order valence-electron chi connectivity index (χ1n) is 6.76. The number of hydrogen-bond acceptors (Lipinski definition) is 3. The van der Waals surface area contributed by atoms with Gasteiger partial charge in [-0.3, -0.25) is 4.79 Å². The molecule has 3 aromatic rings. The number of benzene rings is 3. The second-order valence-corrected chi connectivity index (χ2v) is 4.82. The van der Waals surface area contributed by atoms with Crippen LogP contribution in [0.1, 0.15) is 17.3 Å². The number of nitrogens with one attached hydrogen (secondary N) is 1. The van der Waals surface area contributed by atoms with Gasteiger partial charge in [0.15, 0.2) is 11.5 Å². The number of Topliss-reactive ketones (excluding diaryl/α,β-unsaturated/α-hetero) is 1. The summed E-state index contributed by atoms with van der Waals surface area (Å²) in [4.78, 5) is 17.4. The van der Waals surface area contributed by atoms with E-state index in [9.17, 15) is 4.79 Å². The molecule has 0 unspecified atom stereocenters. The van der Waals surface area contributed by atoms with Gasteiger partial charge in [0.05, 0.1) is 11.3 Å². The molecule has 3 aromatic carbocycles. The van der Waals surface area contributed by atoms with E-state index in [1.807, 2.05) is 66.7 Å². The SMILES string of the molecule is CC(=O)c1cc2ccccc2cc1ONc1ccccc1. The highest BCUT2D eigenvalue weighted by atomic mass is 16.6. The number of ketones is 1. The Bertz CT molecular complexity index is 782. The van der Waals surface area contributed by atoms with Gasteiger partial charge in [0.2, 0.25) is 0 Å². The molecule has 0 saturated carbocycles. The van der Waals surface area contributed by atoms with E-state index in [4.69, 9.17) is 4.84 Å². The lowest BCUT2D eigenvalue weighted by Gasteiger charge is -2.12. The standard InChI is InChI=1S/C18H15NO2/c1-13(20)17-11-14-7-5-6-8-15(14)12-18(17)21-19-16-9-3-2-4-10-16/h2-12,19H,1H3. The zero-order chi connectivity index (χ0) is 14.7. The summed E-state index contributed by atoms with van der Waals surface area (Å²) in [5.41, 5.74) is 4.27. The zero-order valence-electron chi connectivity index (χ0n) is 11.7. The van der Waals surface area contributed by atoms with Crippen LogP contribution in [0.5, 0.6) is 5.75 Å². The van der Waals surface area contributed by atoms with Crippen LogP contribution in [0.15, 0.2) is 66.7 Å². The van der Waals surface area contributed by atoms with E-state index < -0.39 is 0 Å². The highest BCUT2D eigenvalue weighted by Crippen LogP contribution is 2.26. The lowest BCUT2D eigenvalue weighted by molar-refractivity contribution is 0.101. The van der Waals surface area contributed by atoms with Crippen molar-refractivity contribution in [2.75, 3.05) is 5.48 Å². The van der Waals surface area contributed by atoms with Crippen LogP contribution < -0.4 is 10.3 Å². The molecular weight excluding hydrogens is 262 g/mol. The van der Waals surface area contributed by atoms with Crippen molar-refractivity contribution in [2.24, 2.45) is 0 Å². The largest absolute Gasteiger partial charge is 0.381 e. The maximum Gasteiger partial charge on any atom is 0.166 e. The fourth-order valence-electron chi connectivity index (χ4n) is 2.20. The third kappa shape index (κ3) is 2.87. The highest BCUT2D eigenvalue weighted by Gasteiger charge is 2.11. The topological polar surface area (TPSA) is 38.3 Å². The summed E-state index contributed by atoms with van der Waals surface area (Å²) in [5, 5.41) is 2.06. The summed E-state index contributed by atoms with van der Waals surface area (Å²) >= 11 is 0. The van der Waals surface area contributed by atoms with Gasteiger partial charge in [0.25, 0.3) is 0 Å². The second kappa shape index (κ2) is 5.67. The van der Waals surface area contributed by atoms with Gasteiger partial charge in [-0.1, -0.05) is 42.5 Å². The molecule has 0 radical (unpaired) electrons. The molecule has 0 heterocycles. The van der Waals surface area contributed by atoms with Crippen molar-refractivity contribution < 1.29 is 9.63 Å². The third-order valence-corrected chi connectivity index (χ3v) is 3.28. The maximum absolute atomic E-state index is 11.8. The number of fused-ring (bicyclic) bond motifs is 1. The van der Waals surface area contributed by atoms with Gasteiger partial charge >= 0.3 is 0 Å². The van der Waals surface area contributed by atoms with Crippen molar-refractivity contribution in [1.82, 2.24) is 0 Å². The minimum absolute atomic E-state index is 0.0226. The molecule has 0 bridgehead atoms. The number of carbonyl (C=O) groups is 1. The Morgan fingerprint density at radius 3 is 2.19 bits per heavy atom. The minimum atomic E-state index is -0.0226. The van der Waals surface area contributed by atoms with E-state index in [1.54, 1.807) is 6.92 Å². The lowest BCUT2D eigenvalue weighted by Crippen LogP contribution is -2.08. The molecule has 3 heteroatoms. The Morgan fingerprint density at radius 1 is 0.905 bits per heavy atom. The Balaban J connectivity index is 1.96. The monoisotopic (exact) mass is 277 g/mol. The molecule has 0 aliphatic rings. The second-order valence-electron chi connectivity index (χ2n) is 4.82. The van der Waals surface area contributed by atoms with E-state index >= 15 is 0 Å². The van der Waals surface area contributed by atoms with Crippen LogP contribution >= 0.6 is 0 Å². The highest BCUT2D eigenvalue weighted by molar-refractivity contribution is 6.01. The van der Waals surface area contributed by atoms with Gasteiger partial charge in [-0.15, -0.1) is 0 Å². The summed E-state index contributed by atoms with van der Waals surface area (Å²) in [6, 6.07) is 21.2. The van der Waals surface area contributed by atoms with Crippen molar-refractivity contribution in [3.63, 3.8) is 0 Å². The van der Waals surface area contributed by atoms with E-state index in [-0.39, 0.29) is 5.78 Å². The Kier molecular flexibility index (Phi) is 3.56. The van der Waals surface area contributed by atoms with Gasteiger partial charge in [0.1, 0.15) is 0 Å². The average Bonchev–Trinajstić information content (AvgIpc) is 2.53. The van der Waals surface area contributed by atoms with Crippen molar-refractivity contribution in [3.8, 4) is 5.75 Å². The Morgan fingerprint density at radius 2 is 1.52 bits per heavy atom. The third-order valence-electron chi connectivity index (χ3n) is 3.28. The molecule has 0 fully saturated rings. The summed E-state index contributed by atoms with van der Waals surface area (Å²) in [5.74, 6) is 0.510. The molecule has 0 amide bonds. The zero-order valence-corrected chi connectivity index (χ0v) is 11.7. The summed E-state index contributed by atoms with van der Waals surface area (Å²) < 4.78 is 0. The van der Waals surface area contributed by atoms with Crippen molar-refractivity contribution in [3.05, 3.63) is 72.3 Å². The van der Waals surface area contributed by atoms with E-state index in [1.165, 1.54) is 0 Å². The first-order valence-corrected chi connectivity index (χ1v) is 6.76. The van der Waals surface area contributed by atoms with Gasteiger partial charge in [-0.25, -0.2) is 5.48 Å². The molecule has 0 aromatic heterocycles. The molecule has 0 saturated heterocycles. The van der Waals surface area contributed by atoms with E-state index in [2.05, 4.69) is 5.48 Å². The molecule has 3 rings (SSSR count). The summed E-state index contributed by atoms with van der Waals surface area (Å²) in [6.07, 6.45) is 0. The molecular formula is C18H15NO2. The van der Waals surface area contributed by atoms with E-state index in [0.717, 1.165) is 16.5 Å². The molecule has 0 spiro atoms. The van der Waals surface area contributed by atoms with Crippen molar-refractivity contribution in [2.45, 2.75) is 6.92 Å². The molecule has 0 atom stereocenters. The number of carbonyl (C=O) groups excluding carboxylic acids is 1. The fraction of sp³-hybridized carbons (Fsp3) is 0.0556. The van der Waals surface area contributed by atoms with Gasteiger partial charge in [-0.2, -0.15) is 0 Å². The Labute approximate surface area is 123 Å². The number of para-hydroxylation sites is 1. The smallest absolute Gasteiger partial charge is 0.166 e. The van der Waals surface area contributed by atoms with Gasteiger partial charge in [0, 0.05) is 0 Å². The lowest BCUT2D eigenvalue weighted by atomic mass is 10.0. The summed E-state index contributed by atoms with van der Waals surface area (Å²) in [6.45, 7) is 1.54. The van der Waals surface area contributed by atoms with Gasteiger partial charge < -0.3 is 4.84 Å². The first-order chi connectivity index (χ1) is 10.2. The van der Waals surface area contributed by atoms with Crippen molar-refractivity contribution >= 4 is 22.2 Å². The van der Waals surface area contributed by atoms with Crippen LogP contribution in [0.4, 0.5) is 5.69 Å². The van der Waals surface area contributed by atoms with Crippen LogP contribution in [0, 0.1) is 0 Å². The average molecular weight is 277 g/mol. The molecule has 3 nitrogen and oxygen atoms in total. The normalized spacial score (nSPS) is 10.3. The maximum atomic E-state index is 11.8. The number of hydrogen-bond donors (Lipinski definition) is 1. The van der Waals surface area contributed by atoms with Crippen molar-refractivity contribution in [1.29, 1.82) is 0 Å². The Hall–Kier alpha value is -2.81. The van der Waals surface area contributed by atoms with Crippen LogP contribution in [-0.4, -0.2) is 5.78 Å². The quantitative estimate of drug-likeness (QED) is 0.565. The summed E-state index contributed by atoms with van der Waals surface area (Å²) in [7, 11) is 0. The van der Waals surface area contributed by atoms with Crippen LogP contribution in [-0.2, 0) is 0 Å². The molecule has 104 valence electrons. The molecule has 0 aliphatic carbocycles. The fourth-order valence-corrected chi connectivity index (χ4v) is 2.20.